The topological polar surface area (TPSA) is 73.1 Å². The summed E-state index contributed by atoms with van der Waals surface area (Å²) in [4.78, 5) is 7.94. The Kier molecular flexibility index (Phi) is 3.91. The number of nitrogens with zero attached hydrogens (tertiary/aromatic N) is 2. The summed E-state index contributed by atoms with van der Waals surface area (Å²) in [7, 11) is 1.52. The predicted octanol–water partition coefficient (Wildman–Crippen LogP) is 1.44. The van der Waals surface area contributed by atoms with Crippen molar-refractivity contribution in [3.63, 3.8) is 0 Å². The van der Waals surface area contributed by atoms with Gasteiger partial charge in [-0.15, -0.1) is 6.58 Å². The minimum absolute atomic E-state index is 0.226. The number of ether oxygens (including phenoxy) is 1. The van der Waals surface area contributed by atoms with E-state index < -0.39 is 0 Å². The van der Waals surface area contributed by atoms with E-state index in [-0.39, 0.29) is 6.04 Å². The Hall–Kier alpha value is -1.78. The van der Waals surface area contributed by atoms with Crippen LogP contribution in [-0.4, -0.2) is 23.1 Å². The number of anilines is 2. The van der Waals surface area contributed by atoms with Crippen molar-refractivity contribution in [2.24, 2.45) is 0 Å². The Morgan fingerprint density at radius 1 is 1.67 bits per heavy atom. The van der Waals surface area contributed by atoms with Crippen LogP contribution in [0.25, 0.3) is 0 Å². The fraction of sp³-hybridized carbons (Fsp3) is 0.400. The first kappa shape index (κ1) is 11.3. The summed E-state index contributed by atoms with van der Waals surface area (Å²) in [6.07, 6.45) is 4.09. The van der Waals surface area contributed by atoms with Crippen LogP contribution in [0.2, 0.25) is 0 Å². The van der Waals surface area contributed by atoms with Gasteiger partial charge in [0.25, 0.3) is 0 Å². The van der Waals surface area contributed by atoms with Crippen molar-refractivity contribution in [2.75, 3.05) is 18.2 Å². The molecule has 1 aromatic rings. The van der Waals surface area contributed by atoms with Gasteiger partial charge in [0.15, 0.2) is 5.82 Å². The molecule has 0 aliphatic carbocycles. The van der Waals surface area contributed by atoms with Gasteiger partial charge < -0.3 is 15.8 Å². The highest BCUT2D eigenvalue weighted by Gasteiger charge is 2.09. The van der Waals surface area contributed by atoms with E-state index in [9.17, 15) is 0 Å². The number of rotatable bonds is 5. The molecule has 0 aliphatic rings. The summed E-state index contributed by atoms with van der Waals surface area (Å²) < 4.78 is 4.99. The lowest BCUT2D eigenvalue weighted by atomic mass is 10.2. The molecule has 1 aromatic heterocycles. The number of hydrogen-bond acceptors (Lipinski definition) is 5. The van der Waals surface area contributed by atoms with Crippen molar-refractivity contribution in [1.29, 1.82) is 0 Å². The fourth-order valence-electron chi connectivity index (χ4n) is 1.20. The van der Waals surface area contributed by atoms with E-state index in [1.165, 1.54) is 13.4 Å². The second kappa shape index (κ2) is 5.19. The summed E-state index contributed by atoms with van der Waals surface area (Å²) >= 11 is 0. The van der Waals surface area contributed by atoms with Crippen LogP contribution in [-0.2, 0) is 0 Å². The summed E-state index contributed by atoms with van der Waals surface area (Å²) in [5.74, 6) is 0.981. The average molecular weight is 208 g/mol. The maximum Gasteiger partial charge on any atom is 0.242 e. The molecule has 0 saturated carbocycles. The van der Waals surface area contributed by atoms with Crippen molar-refractivity contribution in [1.82, 2.24) is 9.97 Å². The van der Waals surface area contributed by atoms with Crippen LogP contribution >= 0.6 is 0 Å². The SMILES string of the molecule is C=CCC(C)Nc1ncnc(OC)c1N. The van der Waals surface area contributed by atoms with Gasteiger partial charge in [0.05, 0.1) is 7.11 Å². The zero-order valence-electron chi connectivity index (χ0n) is 9.03. The van der Waals surface area contributed by atoms with E-state index in [0.717, 1.165) is 6.42 Å². The second-order valence-electron chi connectivity index (χ2n) is 3.21. The number of nitrogens with one attached hydrogen (secondary N) is 1. The van der Waals surface area contributed by atoms with Crippen molar-refractivity contribution in [3.05, 3.63) is 19.0 Å². The van der Waals surface area contributed by atoms with Gasteiger partial charge in [-0.25, -0.2) is 4.98 Å². The van der Waals surface area contributed by atoms with E-state index in [4.69, 9.17) is 10.5 Å². The van der Waals surface area contributed by atoms with Crippen LogP contribution in [0, 0.1) is 0 Å². The Morgan fingerprint density at radius 3 is 3.00 bits per heavy atom. The molecule has 0 radical (unpaired) electrons. The van der Waals surface area contributed by atoms with E-state index in [1.807, 2.05) is 13.0 Å². The van der Waals surface area contributed by atoms with E-state index in [2.05, 4.69) is 21.9 Å². The van der Waals surface area contributed by atoms with Crippen LogP contribution in [0.3, 0.4) is 0 Å². The van der Waals surface area contributed by atoms with Gasteiger partial charge in [-0.1, -0.05) is 6.08 Å². The van der Waals surface area contributed by atoms with Crippen LogP contribution in [0.4, 0.5) is 11.5 Å². The van der Waals surface area contributed by atoms with Gasteiger partial charge >= 0.3 is 0 Å². The predicted molar refractivity (Wildman–Crippen MR) is 60.9 cm³/mol. The highest BCUT2D eigenvalue weighted by atomic mass is 16.5. The Balaban J connectivity index is 2.80. The third-order valence-electron chi connectivity index (χ3n) is 1.94. The molecule has 82 valence electrons. The van der Waals surface area contributed by atoms with Crippen LogP contribution in [0.1, 0.15) is 13.3 Å². The lowest BCUT2D eigenvalue weighted by Gasteiger charge is -2.14. The summed E-state index contributed by atoms with van der Waals surface area (Å²) in [6, 6.07) is 0.226. The van der Waals surface area contributed by atoms with Crippen LogP contribution < -0.4 is 15.8 Å². The number of nitrogen functional groups attached to an aromatic ring is 1. The molecule has 1 unspecified atom stereocenters. The number of aromatic nitrogens is 2. The zero-order chi connectivity index (χ0) is 11.3. The Bertz CT molecular complexity index is 340. The lowest BCUT2D eigenvalue weighted by Crippen LogP contribution is -2.16. The second-order valence-corrected chi connectivity index (χ2v) is 3.21. The van der Waals surface area contributed by atoms with Crippen molar-refractivity contribution < 1.29 is 4.74 Å². The molecule has 0 aromatic carbocycles. The average Bonchev–Trinajstić information content (AvgIpc) is 2.21. The minimum atomic E-state index is 0.226. The minimum Gasteiger partial charge on any atom is -0.479 e. The van der Waals surface area contributed by atoms with Crippen LogP contribution in [0.15, 0.2) is 19.0 Å². The van der Waals surface area contributed by atoms with Gasteiger partial charge in [0.1, 0.15) is 12.0 Å². The molecule has 0 aliphatic heterocycles. The zero-order valence-corrected chi connectivity index (χ0v) is 9.03. The smallest absolute Gasteiger partial charge is 0.242 e. The first-order valence-corrected chi connectivity index (χ1v) is 4.71. The first-order valence-electron chi connectivity index (χ1n) is 4.71. The molecule has 0 bridgehead atoms. The van der Waals surface area contributed by atoms with Crippen molar-refractivity contribution in [2.45, 2.75) is 19.4 Å². The number of methoxy groups -OCH3 is 1. The van der Waals surface area contributed by atoms with E-state index in [0.29, 0.717) is 17.4 Å². The Labute approximate surface area is 89.4 Å². The van der Waals surface area contributed by atoms with Gasteiger partial charge in [-0.2, -0.15) is 4.98 Å². The summed E-state index contributed by atoms with van der Waals surface area (Å²) in [5.41, 5.74) is 6.23. The number of hydrogen-bond donors (Lipinski definition) is 2. The maximum atomic E-state index is 5.80. The van der Waals surface area contributed by atoms with Gasteiger partial charge in [0, 0.05) is 6.04 Å². The van der Waals surface area contributed by atoms with Crippen molar-refractivity contribution in [3.8, 4) is 5.88 Å². The third-order valence-corrected chi connectivity index (χ3v) is 1.94. The molecule has 5 nitrogen and oxygen atoms in total. The Morgan fingerprint density at radius 2 is 2.40 bits per heavy atom. The summed E-state index contributed by atoms with van der Waals surface area (Å²) in [5, 5.41) is 3.16. The largest absolute Gasteiger partial charge is 0.479 e. The number of nitrogens with two attached hydrogens (primary N) is 1. The standard InChI is InChI=1S/C10H16N4O/c1-4-5-7(2)14-9-8(11)10(15-3)13-6-12-9/h4,6-7H,1,5,11H2,2-3H3,(H,12,13,14). The molecule has 1 atom stereocenters. The molecule has 5 heteroatoms. The molecule has 0 saturated heterocycles. The normalized spacial score (nSPS) is 11.9. The van der Waals surface area contributed by atoms with Gasteiger partial charge in [0.2, 0.25) is 5.88 Å². The fourth-order valence-corrected chi connectivity index (χ4v) is 1.20. The summed E-state index contributed by atoms with van der Waals surface area (Å²) in [6.45, 7) is 5.69. The molecule has 0 amide bonds. The van der Waals surface area contributed by atoms with E-state index >= 15 is 0 Å². The highest BCUT2D eigenvalue weighted by molar-refractivity contribution is 5.66. The lowest BCUT2D eigenvalue weighted by molar-refractivity contribution is 0.399. The van der Waals surface area contributed by atoms with Crippen molar-refractivity contribution >= 4 is 11.5 Å². The maximum absolute atomic E-state index is 5.80. The molecular formula is C10H16N4O. The molecule has 0 fully saturated rings. The van der Waals surface area contributed by atoms with Gasteiger partial charge in [-0.3, -0.25) is 0 Å². The molecule has 3 N–H and O–H groups in total. The molecule has 15 heavy (non-hydrogen) atoms. The molecule has 1 rings (SSSR count). The molecule has 0 spiro atoms. The van der Waals surface area contributed by atoms with Gasteiger partial charge in [-0.05, 0) is 13.3 Å². The quantitative estimate of drug-likeness (QED) is 0.716. The molecular weight excluding hydrogens is 192 g/mol. The molecule has 1 heterocycles. The first-order chi connectivity index (χ1) is 7.19. The van der Waals surface area contributed by atoms with Crippen LogP contribution in [0.5, 0.6) is 5.88 Å². The van der Waals surface area contributed by atoms with E-state index in [1.54, 1.807) is 0 Å². The third kappa shape index (κ3) is 2.83. The highest BCUT2D eigenvalue weighted by Crippen LogP contribution is 2.24. The monoisotopic (exact) mass is 208 g/mol.